The number of ether oxygens (including phenoxy) is 1. The van der Waals surface area contributed by atoms with Crippen LogP contribution in [0.15, 0.2) is 48.5 Å². The molecule has 0 bridgehead atoms. The fraction of sp³-hybridized carbons (Fsp3) is 0.409. The van der Waals surface area contributed by atoms with Gasteiger partial charge < -0.3 is 10.1 Å². The Morgan fingerprint density at radius 2 is 1.96 bits per heavy atom. The minimum absolute atomic E-state index is 0.0717. The minimum atomic E-state index is 0.0717. The summed E-state index contributed by atoms with van der Waals surface area (Å²) in [5, 5.41) is 3.73. The number of anilines is 1. The van der Waals surface area contributed by atoms with E-state index in [0.29, 0.717) is 11.7 Å². The Hall–Kier alpha value is -1.78. The maximum Gasteiger partial charge on any atom is 0.224 e. The molecule has 1 aliphatic heterocycles. The van der Waals surface area contributed by atoms with E-state index in [1.807, 2.05) is 36.0 Å². The van der Waals surface area contributed by atoms with Gasteiger partial charge in [0.2, 0.25) is 5.91 Å². The van der Waals surface area contributed by atoms with Crippen molar-refractivity contribution in [3.8, 4) is 0 Å². The summed E-state index contributed by atoms with van der Waals surface area (Å²) in [4.78, 5) is 12.3. The fourth-order valence-corrected chi connectivity index (χ4v) is 4.29. The van der Waals surface area contributed by atoms with Crippen molar-refractivity contribution < 1.29 is 9.53 Å². The van der Waals surface area contributed by atoms with Crippen LogP contribution in [0.3, 0.4) is 0 Å². The SMILES string of the molecule is Cc1ccccc1CCC(=O)Nc1cccc(CSC2CCOCC2)c1. The number of aryl methyl sites for hydroxylation is 2. The van der Waals surface area contributed by atoms with Crippen LogP contribution in [0, 0.1) is 6.92 Å². The van der Waals surface area contributed by atoms with Gasteiger partial charge in [0.05, 0.1) is 0 Å². The van der Waals surface area contributed by atoms with Crippen molar-refractivity contribution >= 4 is 23.4 Å². The van der Waals surface area contributed by atoms with E-state index in [4.69, 9.17) is 4.74 Å². The summed E-state index contributed by atoms with van der Waals surface area (Å²) in [5.41, 5.74) is 4.64. The van der Waals surface area contributed by atoms with Crippen molar-refractivity contribution in [3.63, 3.8) is 0 Å². The summed E-state index contributed by atoms with van der Waals surface area (Å²) < 4.78 is 5.42. The molecule has 1 saturated heterocycles. The predicted molar refractivity (Wildman–Crippen MR) is 110 cm³/mol. The smallest absolute Gasteiger partial charge is 0.224 e. The summed E-state index contributed by atoms with van der Waals surface area (Å²) in [6.45, 7) is 3.86. The lowest BCUT2D eigenvalue weighted by Crippen LogP contribution is -2.17. The van der Waals surface area contributed by atoms with Crippen LogP contribution in [0.4, 0.5) is 5.69 Å². The number of thioether (sulfide) groups is 1. The predicted octanol–water partition coefficient (Wildman–Crippen LogP) is 4.98. The molecule has 1 heterocycles. The molecule has 138 valence electrons. The third kappa shape index (κ3) is 5.89. The number of amides is 1. The molecular formula is C22H27NO2S. The monoisotopic (exact) mass is 369 g/mol. The van der Waals surface area contributed by atoms with E-state index in [2.05, 4.69) is 36.5 Å². The second-order valence-corrected chi connectivity index (χ2v) is 8.09. The van der Waals surface area contributed by atoms with Crippen molar-refractivity contribution in [2.75, 3.05) is 18.5 Å². The quantitative estimate of drug-likeness (QED) is 0.748. The topological polar surface area (TPSA) is 38.3 Å². The molecule has 0 saturated carbocycles. The van der Waals surface area contributed by atoms with Crippen LogP contribution >= 0.6 is 11.8 Å². The molecule has 0 unspecified atom stereocenters. The molecule has 0 atom stereocenters. The Kier molecular flexibility index (Phi) is 7.15. The summed E-state index contributed by atoms with van der Waals surface area (Å²) in [6.07, 6.45) is 3.56. The molecular weight excluding hydrogens is 342 g/mol. The number of carbonyl (C=O) groups excluding carboxylic acids is 1. The van der Waals surface area contributed by atoms with Gasteiger partial charge >= 0.3 is 0 Å². The van der Waals surface area contributed by atoms with Crippen molar-refractivity contribution in [1.29, 1.82) is 0 Å². The first kappa shape index (κ1) is 19.0. The van der Waals surface area contributed by atoms with Gasteiger partial charge in [-0.25, -0.2) is 0 Å². The van der Waals surface area contributed by atoms with Gasteiger partial charge in [-0.1, -0.05) is 36.4 Å². The van der Waals surface area contributed by atoms with Crippen LogP contribution in [-0.2, 0) is 21.7 Å². The van der Waals surface area contributed by atoms with Crippen LogP contribution in [0.2, 0.25) is 0 Å². The highest BCUT2D eigenvalue weighted by Crippen LogP contribution is 2.26. The zero-order valence-electron chi connectivity index (χ0n) is 15.4. The summed E-state index contributed by atoms with van der Waals surface area (Å²) in [6, 6.07) is 16.5. The maximum atomic E-state index is 12.3. The van der Waals surface area contributed by atoms with Gasteiger partial charge in [0.1, 0.15) is 0 Å². The molecule has 1 amide bonds. The normalized spacial score (nSPS) is 15.0. The Labute approximate surface area is 160 Å². The van der Waals surface area contributed by atoms with Crippen molar-refractivity contribution in [3.05, 3.63) is 65.2 Å². The molecule has 0 spiro atoms. The molecule has 1 N–H and O–H groups in total. The first-order valence-electron chi connectivity index (χ1n) is 9.33. The Balaban J connectivity index is 1.48. The van der Waals surface area contributed by atoms with Crippen molar-refractivity contribution in [1.82, 2.24) is 0 Å². The van der Waals surface area contributed by atoms with Gasteiger partial charge in [-0.15, -0.1) is 0 Å². The highest BCUT2D eigenvalue weighted by atomic mass is 32.2. The molecule has 1 fully saturated rings. The molecule has 0 aliphatic carbocycles. The summed E-state index contributed by atoms with van der Waals surface area (Å²) in [7, 11) is 0. The first-order valence-corrected chi connectivity index (χ1v) is 10.4. The lowest BCUT2D eigenvalue weighted by Gasteiger charge is -2.21. The largest absolute Gasteiger partial charge is 0.381 e. The number of hydrogen-bond donors (Lipinski definition) is 1. The summed E-state index contributed by atoms with van der Waals surface area (Å²) >= 11 is 1.99. The van der Waals surface area contributed by atoms with E-state index in [9.17, 15) is 4.79 Å². The lowest BCUT2D eigenvalue weighted by atomic mass is 10.0. The fourth-order valence-electron chi connectivity index (χ4n) is 3.16. The van der Waals surface area contributed by atoms with Crippen LogP contribution in [0.25, 0.3) is 0 Å². The van der Waals surface area contributed by atoms with E-state index < -0.39 is 0 Å². The highest BCUT2D eigenvalue weighted by Gasteiger charge is 2.14. The Morgan fingerprint density at radius 1 is 1.15 bits per heavy atom. The van der Waals surface area contributed by atoms with Crippen molar-refractivity contribution in [2.45, 2.75) is 43.6 Å². The highest BCUT2D eigenvalue weighted by molar-refractivity contribution is 7.99. The van der Waals surface area contributed by atoms with Crippen LogP contribution in [0.1, 0.15) is 36.0 Å². The zero-order chi connectivity index (χ0) is 18.2. The van der Waals surface area contributed by atoms with Gasteiger partial charge in [0.15, 0.2) is 0 Å². The van der Waals surface area contributed by atoms with Crippen LogP contribution in [0.5, 0.6) is 0 Å². The molecule has 26 heavy (non-hydrogen) atoms. The van der Waals surface area contributed by atoms with Gasteiger partial charge in [0.25, 0.3) is 0 Å². The first-order chi connectivity index (χ1) is 12.7. The van der Waals surface area contributed by atoms with E-state index in [1.165, 1.54) is 16.7 Å². The van der Waals surface area contributed by atoms with E-state index in [1.54, 1.807) is 0 Å². The van der Waals surface area contributed by atoms with Gasteiger partial charge in [-0.05, 0) is 55.0 Å². The minimum Gasteiger partial charge on any atom is -0.381 e. The van der Waals surface area contributed by atoms with E-state index in [0.717, 1.165) is 43.9 Å². The number of hydrogen-bond acceptors (Lipinski definition) is 3. The number of carbonyl (C=O) groups is 1. The second kappa shape index (κ2) is 9.79. The standard InChI is InChI=1S/C22H27NO2S/c1-17-5-2-3-7-19(17)9-10-22(24)23-20-8-4-6-18(15-20)16-26-21-11-13-25-14-12-21/h2-8,15,21H,9-14,16H2,1H3,(H,23,24). The number of benzene rings is 2. The van der Waals surface area contributed by atoms with Gasteiger partial charge in [0, 0.05) is 36.3 Å². The lowest BCUT2D eigenvalue weighted by molar-refractivity contribution is -0.116. The number of rotatable bonds is 7. The third-order valence-corrected chi connectivity index (χ3v) is 6.19. The zero-order valence-corrected chi connectivity index (χ0v) is 16.2. The molecule has 1 aliphatic rings. The molecule has 3 rings (SSSR count). The summed E-state index contributed by atoms with van der Waals surface area (Å²) in [5.74, 6) is 1.06. The van der Waals surface area contributed by atoms with Crippen LogP contribution < -0.4 is 5.32 Å². The van der Waals surface area contributed by atoms with Gasteiger partial charge in [-0.3, -0.25) is 4.79 Å². The van der Waals surface area contributed by atoms with E-state index >= 15 is 0 Å². The molecule has 2 aromatic carbocycles. The molecule has 2 aromatic rings. The number of nitrogens with one attached hydrogen (secondary N) is 1. The Bertz CT molecular complexity index is 726. The van der Waals surface area contributed by atoms with Crippen LogP contribution in [-0.4, -0.2) is 24.4 Å². The average Bonchev–Trinajstić information content (AvgIpc) is 2.67. The second-order valence-electron chi connectivity index (χ2n) is 6.80. The van der Waals surface area contributed by atoms with Gasteiger partial charge in [-0.2, -0.15) is 11.8 Å². The molecule has 0 aromatic heterocycles. The van der Waals surface area contributed by atoms with Crippen molar-refractivity contribution in [2.24, 2.45) is 0 Å². The maximum absolute atomic E-state index is 12.3. The average molecular weight is 370 g/mol. The molecule has 0 radical (unpaired) electrons. The molecule has 4 heteroatoms. The van der Waals surface area contributed by atoms with E-state index in [-0.39, 0.29) is 5.91 Å². The molecule has 3 nitrogen and oxygen atoms in total. The Morgan fingerprint density at radius 3 is 2.77 bits per heavy atom. The third-order valence-electron chi connectivity index (χ3n) is 4.75.